The van der Waals surface area contributed by atoms with Gasteiger partial charge in [-0.1, -0.05) is 57.9 Å². The molecule has 0 unspecified atom stereocenters. The number of rotatable bonds is 7. The SMILES string of the molecule is COc1cc(/C=C2/SC(=O)N(Cc3cccc(Br)c3)C2=O)ccc1OCc1ccc(Cl)cc1. The van der Waals surface area contributed by atoms with Gasteiger partial charge in [-0.3, -0.25) is 14.5 Å². The first kappa shape index (κ1) is 23.4. The molecule has 4 rings (SSSR count). The largest absolute Gasteiger partial charge is 0.493 e. The summed E-state index contributed by atoms with van der Waals surface area (Å²) in [5, 5.41) is 0.378. The highest BCUT2D eigenvalue weighted by atomic mass is 79.9. The van der Waals surface area contributed by atoms with Crippen LogP contribution < -0.4 is 9.47 Å². The summed E-state index contributed by atoms with van der Waals surface area (Å²) in [5.74, 6) is 0.797. The smallest absolute Gasteiger partial charge is 0.293 e. The van der Waals surface area contributed by atoms with Gasteiger partial charge in [0.15, 0.2) is 11.5 Å². The number of halogens is 2. The van der Waals surface area contributed by atoms with Gasteiger partial charge in [-0.2, -0.15) is 0 Å². The molecular formula is C25H19BrClNO4S. The van der Waals surface area contributed by atoms with Crippen molar-refractivity contribution in [3.8, 4) is 11.5 Å². The topological polar surface area (TPSA) is 55.8 Å². The summed E-state index contributed by atoms with van der Waals surface area (Å²) in [6.07, 6.45) is 1.69. The molecule has 0 spiro atoms. The predicted octanol–water partition coefficient (Wildman–Crippen LogP) is 6.93. The van der Waals surface area contributed by atoms with E-state index in [1.54, 1.807) is 25.3 Å². The van der Waals surface area contributed by atoms with Crippen LogP contribution in [0.15, 0.2) is 76.1 Å². The lowest BCUT2D eigenvalue weighted by Gasteiger charge is -2.13. The van der Waals surface area contributed by atoms with Crippen LogP contribution in [0.2, 0.25) is 5.02 Å². The molecule has 1 saturated heterocycles. The molecule has 1 aliphatic rings. The molecule has 0 N–H and O–H groups in total. The Morgan fingerprint density at radius 1 is 1.00 bits per heavy atom. The van der Waals surface area contributed by atoms with Crippen LogP contribution in [0, 0.1) is 0 Å². The van der Waals surface area contributed by atoms with E-state index in [9.17, 15) is 9.59 Å². The number of amides is 2. The summed E-state index contributed by atoms with van der Waals surface area (Å²) >= 11 is 10.3. The highest BCUT2D eigenvalue weighted by molar-refractivity contribution is 9.10. The minimum Gasteiger partial charge on any atom is -0.493 e. The number of thioether (sulfide) groups is 1. The molecule has 0 bridgehead atoms. The molecule has 0 saturated carbocycles. The monoisotopic (exact) mass is 543 g/mol. The van der Waals surface area contributed by atoms with Crippen LogP contribution in [0.5, 0.6) is 11.5 Å². The van der Waals surface area contributed by atoms with Crippen molar-refractivity contribution in [3.05, 3.63) is 97.8 Å². The van der Waals surface area contributed by atoms with Gasteiger partial charge in [-0.15, -0.1) is 0 Å². The van der Waals surface area contributed by atoms with Crippen LogP contribution in [-0.4, -0.2) is 23.2 Å². The summed E-state index contributed by atoms with van der Waals surface area (Å²) in [7, 11) is 1.56. The normalized spacial score (nSPS) is 14.8. The van der Waals surface area contributed by atoms with Crippen molar-refractivity contribution in [2.75, 3.05) is 7.11 Å². The summed E-state index contributed by atoms with van der Waals surface area (Å²) in [6, 6.07) is 20.3. The van der Waals surface area contributed by atoms with E-state index in [-0.39, 0.29) is 17.7 Å². The zero-order valence-electron chi connectivity index (χ0n) is 17.6. The molecule has 2 amide bonds. The lowest BCUT2D eigenvalue weighted by molar-refractivity contribution is -0.123. The van der Waals surface area contributed by atoms with Crippen LogP contribution in [0.1, 0.15) is 16.7 Å². The van der Waals surface area contributed by atoms with E-state index in [4.69, 9.17) is 21.1 Å². The van der Waals surface area contributed by atoms with Gasteiger partial charge in [0.05, 0.1) is 18.6 Å². The van der Waals surface area contributed by atoms with Crippen molar-refractivity contribution in [3.63, 3.8) is 0 Å². The summed E-state index contributed by atoms with van der Waals surface area (Å²) in [6.45, 7) is 0.587. The molecule has 3 aromatic carbocycles. The number of ether oxygens (including phenoxy) is 2. The molecule has 8 heteroatoms. The molecule has 33 heavy (non-hydrogen) atoms. The van der Waals surface area contributed by atoms with Crippen LogP contribution in [-0.2, 0) is 17.9 Å². The lowest BCUT2D eigenvalue weighted by atomic mass is 10.1. The molecule has 168 valence electrons. The van der Waals surface area contributed by atoms with E-state index in [2.05, 4.69) is 15.9 Å². The van der Waals surface area contributed by atoms with Crippen molar-refractivity contribution in [2.24, 2.45) is 0 Å². The summed E-state index contributed by atoms with van der Waals surface area (Å²) in [4.78, 5) is 26.9. The molecule has 1 aliphatic heterocycles. The third-order valence-electron chi connectivity index (χ3n) is 4.90. The van der Waals surface area contributed by atoms with Crippen molar-refractivity contribution in [1.82, 2.24) is 4.90 Å². The number of methoxy groups -OCH3 is 1. The second-order valence-corrected chi connectivity index (χ2v) is 9.57. The molecule has 0 atom stereocenters. The quantitative estimate of drug-likeness (QED) is 0.302. The minimum atomic E-state index is -0.313. The highest BCUT2D eigenvalue weighted by Gasteiger charge is 2.35. The Morgan fingerprint density at radius 3 is 2.52 bits per heavy atom. The Morgan fingerprint density at radius 2 is 1.79 bits per heavy atom. The number of hydrogen-bond acceptors (Lipinski definition) is 5. The van der Waals surface area contributed by atoms with E-state index in [0.29, 0.717) is 28.0 Å². The van der Waals surface area contributed by atoms with E-state index in [1.807, 2.05) is 54.6 Å². The summed E-state index contributed by atoms with van der Waals surface area (Å²) < 4.78 is 12.2. The van der Waals surface area contributed by atoms with Gasteiger partial charge in [-0.25, -0.2) is 0 Å². The first-order valence-electron chi connectivity index (χ1n) is 9.98. The second-order valence-electron chi connectivity index (χ2n) is 7.22. The lowest BCUT2D eigenvalue weighted by Crippen LogP contribution is -2.27. The number of benzene rings is 3. The first-order valence-corrected chi connectivity index (χ1v) is 12.0. The van der Waals surface area contributed by atoms with Crippen LogP contribution in [0.25, 0.3) is 6.08 Å². The second kappa shape index (κ2) is 10.5. The zero-order valence-corrected chi connectivity index (χ0v) is 20.7. The molecule has 1 fully saturated rings. The molecule has 0 aliphatic carbocycles. The van der Waals surface area contributed by atoms with Crippen molar-refractivity contribution in [2.45, 2.75) is 13.2 Å². The van der Waals surface area contributed by atoms with Crippen LogP contribution in [0.4, 0.5) is 4.79 Å². The van der Waals surface area contributed by atoms with Gasteiger partial charge in [0.1, 0.15) is 6.61 Å². The fourth-order valence-electron chi connectivity index (χ4n) is 3.24. The minimum absolute atomic E-state index is 0.224. The van der Waals surface area contributed by atoms with Crippen molar-refractivity contribution < 1.29 is 19.1 Å². The Balaban J connectivity index is 1.48. The van der Waals surface area contributed by atoms with E-state index >= 15 is 0 Å². The Labute approximate surface area is 209 Å². The van der Waals surface area contributed by atoms with Gasteiger partial charge in [0.25, 0.3) is 11.1 Å². The van der Waals surface area contributed by atoms with Crippen LogP contribution in [0.3, 0.4) is 0 Å². The van der Waals surface area contributed by atoms with Gasteiger partial charge in [-0.05, 0) is 70.9 Å². The number of hydrogen-bond donors (Lipinski definition) is 0. The molecule has 3 aromatic rings. The third kappa shape index (κ3) is 5.79. The van der Waals surface area contributed by atoms with Crippen molar-refractivity contribution >= 4 is 56.5 Å². The van der Waals surface area contributed by atoms with E-state index in [0.717, 1.165) is 32.9 Å². The molecule has 0 aromatic heterocycles. The van der Waals surface area contributed by atoms with E-state index in [1.165, 1.54) is 4.90 Å². The van der Waals surface area contributed by atoms with E-state index < -0.39 is 0 Å². The molecule has 1 heterocycles. The Kier molecular flexibility index (Phi) is 7.42. The Bertz CT molecular complexity index is 1230. The van der Waals surface area contributed by atoms with Crippen molar-refractivity contribution in [1.29, 1.82) is 0 Å². The van der Waals surface area contributed by atoms with Gasteiger partial charge >= 0.3 is 0 Å². The molecule has 0 radical (unpaired) electrons. The molecular weight excluding hydrogens is 526 g/mol. The first-order chi connectivity index (χ1) is 15.9. The maximum atomic E-state index is 12.9. The van der Waals surface area contributed by atoms with Crippen LogP contribution >= 0.6 is 39.3 Å². The van der Waals surface area contributed by atoms with Gasteiger partial charge in [0, 0.05) is 9.50 Å². The maximum absolute atomic E-state index is 12.9. The van der Waals surface area contributed by atoms with Gasteiger partial charge in [0.2, 0.25) is 0 Å². The maximum Gasteiger partial charge on any atom is 0.293 e. The zero-order chi connectivity index (χ0) is 23.4. The predicted molar refractivity (Wildman–Crippen MR) is 134 cm³/mol. The number of nitrogens with zero attached hydrogens (tertiary/aromatic N) is 1. The number of carbonyl (C=O) groups excluding carboxylic acids is 2. The fourth-order valence-corrected chi connectivity index (χ4v) is 4.65. The highest BCUT2D eigenvalue weighted by Crippen LogP contribution is 2.35. The molecule has 5 nitrogen and oxygen atoms in total. The average Bonchev–Trinajstić information content (AvgIpc) is 3.06. The third-order valence-corrected chi connectivity index (χ3v) is 6.55. The average molecular weight is 545 g/mol. The number of carbonyl (C=O) groups is 2. The fraction of sp³-hybridized carbons (Fsp3) is 0.120. The standard InChI is InChI=1S/C25H19BrClNO4S/c1-31-22-12-17(7-10-21(22)32-15-16-5-8-20(27)9-6-16)13-23-24(29)28(25(30)33-23)14-18-3-2-4-19(26)11-18/h2-13H,14-15H2,1H3/b23-13+. The van der Waals surface area contributed by atoms with Gasteiger partial charge < -0.3 is 9.47 Å². The number of imide groups is 1. The Hall–Kier alpha value is -2.74. The summed E-state index contributed by atoms with van der Waals surface area (Å²) in [5.41, 5.74) is 2.58.